The van der Waals surface area contributed by atoms with Gasteiger partial charge in [0, 0.05) is 27.4 Å². The smallest absolute Gasteiger partial charge is 0.159 e. The predicted molar refractivity (Wildman–Crippen MR) is 214 cm³/mol. The summed E-state index contributed by atoms with van der Waals surface area (Å²) in [5.41, 5.74) is 15.0. The molecule has 0 spiro atoms. The van der Waals surface area contributed by atoms with Crippen LogP contribution in [-0.2, 0) is 5.41 Å². The molecule has 0 fully saturated rings. The highest BCUT2D eigenvalue weighted by atomic mass is 16.3. The van der Waals surface area contributed by atoms with Crippen LogP contribution in [0.5, 0.6) is 0 Å². The molecule has 0 atom stereocenters. The molecule has 0 aliphatic heterocycles. The van der Waals surface area contributed by atoms with Crippen molar-refractivity contribution in [1.29, 1.82) is 0 Å². The first-order valence-electron chi connectivity index (χ1n) is 17.7. The summed E-state index contributed by atoms with van der Waals surface area (Å²) in [6, 6.07) is 63.6. The molecule has 1 heterocycles. The molecule has 0 bridgehead atoms. The van der Waals surface area contributed by atoms with Gasteiger partial charge in [-0.25, -0.2) is 0 Å². The summed E-state index contributed by atoms with van der Waals surface area (Å²) in [5.74, 6) is 0. The van der Waals surface area contributed by atoms with Crippen LogP contribution in [0.4, 0.5) is 17.1 Å². The Hall–Kier alpha value is -6.38. The molecule has 0 radical (unpaired) electrons. The molecule has 242 valence electrons. The minimum Gasteiger partial charge on any atom is -0.454 e. The van der Waals surface area contributed by atoms with Gasteiger partial charge in [-0.3, -0.25) is 0 Å². The van der Waals surface area contributed by atoms with Crippen LogP contribution in [-0.4, -0.2) is 0 Å². The molecule has 8 aromatic carbocycles. The molecule has 51 heavy (non-hydrogen) atoms. The summed E-state index contributed by atoms with van der Waals surface area (Å²) in [6.45, 7) is 4.68. The zero-order valence-corrected chi connectivity index (χ0v) is 28.6. The topological polar surface area (TPSA) is 16.4 Å². The molecular formula is C49H35NO. The van der Waals surface area contributed by atoms with Crippen molar-refractivity contribution in [3.8, 4) is 33.4 Å². The van der Waals surface area contributed by atoms with E-state index in [0.29, 0.717) is 0 Å². The van der Waals surface area contributed by atoms with Gasteiger partial charge in [-0.2, -0.15) is 0 Å². The zero-order valence-electron chi connectivity index (χ0n) is 28.6. The SMILES string of the molecule is CC1(C)c2ccccc2-c2c(N(c3ccc(-c4ccc(-c5cccc6ccccc56)cc4)cc3)c3cccc4c3oc3ccccc34)cccc21. The van der Waals surface area contributed by atoms with Crippen molar-refractivity contribution in [2.45, 2.75) is 19.3 Å². The number of hydrogen-bond acceptors (Lipinski definition) is 2. The third-order valence-corrected chi connectivity index (χ3v) is 10.9. The number of benzene rings is 8. The number of furan rings is 1. The Labute approximate surface area is 297 Å². The van der Waals surface area contributed by atoms with E-state index in [1.807, 2.05) is 6.07 Å². The van der Waals surface area contributed by atoms with Crippen molar-refractivity contribution < 1.29 is 4.42 Å². The Kier molecular flexibility index (Phi) is 6.56. The molecule has 0 unspecified atom stereocenters. The van der Waals surface area contributed by atoms with E-state index in [1.54, 1.807) is 0 Å². The van der Waals surface area contributed by atoms with Crippen LogP contribution < -0.4 is 4.90 Å². The first-order valence-corrected chi connectivity index (χ1v) is 17.7. The Balaban J connectivity index is 1.12. The van der Waals surface area contributed by atoms with Crippen LogP contribution in [0.15, 0.2) is 180 Å². The monoisotopic (exact) mass is 653 g/mol. The van der Waals surface area contributed by atoms with Crippen LogP contribution >= 0.6 is 0 Å². The van der Waals surface area contributed by atoms with Crippen LogP contribution in [0.1, 0.15) is 25.0 Å². The molecule has 0 saturated heterocycles. The van der Waals surface area contributed by atoms with Gasteiger partial charge in [-0.15, -0.1) is 0 Å². The van der Waals surface area contributed by atoms with Gasteiger partial charge < -0.3 is 9.32 Å². The second-order valence-corrected chi connectivity index (χ2v) is 14.1. The molecule has 1 aliphatic rings. The van der Waals surface area contributed by atoms with E-state index in [4.69, 9.17) is 4.42 Å². The lowest BCUT2D eigenvalue weighted by Crippen LogP contribution is -2.16. The predicted octanol–water partition coefficient (Wildman–Crippen LogP) is 13.8. The largest absolute Gasteiger partial charge is 0.454 e. The van der Waals surface area contributed by atoms with Gasteiger partial charge in [0.1, 0.15) is 5.58 Å². The van der Waals surface area contributed by atoms with E-state index in [-0.39, 0.29) is 5.41 Å². The fraction of sp³-hybridized carbons (Fsp3) is 0.0612. The van der Waals surface area contributed by atoms with Crippen LogP contribution in [0, 0.1) is 0 Å². The Morgan fingerprint density at radius 1 is 0.431 bits per heavy atom. The third kappa shape index (κ3) is 4.57. The summed E-state index contributed by atoms with van der Waals surface area (Å²) >= 11 is 0. The fourth-order valence-electron chi connectivity index (χ4n) is 8.36. The van der Waals surface area contributed by atoms with Crippen molar-refractivity contribution in [2.75, 3.05) is 4.90 Å². The van der Waals surface area contributed by atoms with Crippen LogP contribution in [0.25, 0.3) is 66.1 Å². The molecular weight excluding hydrogens is 619 g/mol. The lowest BCUT2D eigenvalue weighted by Gasteiger charge is -2.29. The average Bonchev–Trinajstić information content (AvgIpc) is 3.68. The zero-order chi connectivity index (χ0) is 34.1. The molecule has 2 nitrogen and oxygen atoms in total. The molecule has 1 aromatic heterocycles. The first kappa shape index (κ1) is 29.5. The summed E-state index contributed by atoms with van der Waals surface area (Å²) < 4.78 is 6.66. The third-order valence-electron chi connectivity index (χ3n) is 10.9. The molecule has 0 amide bonds. The number of para-hydroxylation sites is 2. The fourth-order valence-corrected chi connectivity index (χ4v) is 8.36. The summed E-state index contributed by atoms with van der Waals surface area (Å²) in [7, 11) is 0. The van der Waals surface area contributed by atoms with Crippen molar-refractivity contribution in [3.05, 3.63) is 187 Å². The minimum absolute atomic E-state index is 0.110. The summed E-state index contributed by atoms with van der Waals surface area (Å²) in [4.78, 5) is 2.40. The average molecular weight is 654 g/mol. The second-order valence-electron chi connectivity index (χ2n) is 14.1. The summed E-state index contributed by atoms with van der Waals surface area (Å²) in [6.07, 6.45) is 0. The van der Waals surface area contributed by atoms with E-state index in [0.717, 1.165) is 39.0 Å². The van der Waals surface area contributed by atoms with Crippen LogP contribution in [0.3, 0.4) is 0 Å². The van der Waals surface area contributed by atoms with E-state index < -0.39 is 0 Å². The van der Waals surface area contributed by atoms with Crippen LogP contribution in [0.2, 0.25) is 0 Å². The van der Waals surface area contributed by atoms with Gasteiger partial charge in [0.05, 0.1) is 11.4 Å². The van der Waals surface area contributed by atoms with E-state index >= 15 is 0 Å². The molecule has 9 aromatic rings. The summed E-state index contributed by atoms with van der Waals surface area (Å²) in [5, 5.41) is 4.77. The molecule has 0 saturated carbocycles. The van der Waals surface area contributed by atoms with Gasteiger partial charge >= 0.3 is 0 Å². The number of anilines is 3. The highest BCUT2D eigenvalue weighted by Crippen LogP contribution is 2.55. The van der Waals surface area contributed by atoms with Crippen molar-refractivity contribution in [2.24, 2.45) is 0 Å². The number of fused-ring (bicyclic) bond motifs is 7. The first-order chi connectivity index (χ1) is 25.1. The van der Waals surface area contributed by atoms with Gasteiger partial charge in [-0.1, -0.05) is 159 Å². The Bertz CT molecular complexity index is 2760. The van der Waals surface area contributed by atoms with E-state index in [2.05, 4.69) is 189 Å². The molecule has 0 N–H and O–H groups in total. The highest BCUT2D eigenvalue weighted by Gasteiger charge is 2.38. The van der Waals surface area contributed by atoms with Gasteiger partial charge in [0.15, 0.2) is 5.58 Å². The second kappa shape index (κ2) is 11.3. The molecule has 2 heteroatoms. The Morgan fingerprint density at radius 2 is 1.00 bits per heavy atom. The maximum atomic E-state index is 6.66. The lowest BCUT2D eigenvalue weighted by molar-refractivity contribution is 0.660. The van der Waals surface area contributed by atoms with Gasteiger partial charge in [0.2, 0.25) is 0 Å². The molecule has 10 rings (SSSR count). The number of nitrogens with zero attached hydrogens (tertiary/aromatic N) is 1. The maximum Gasteiger partial charge on any atom is 0.159 e. The highest BCUT2D eigenvalue weighted by molar-refractivity contribution is 6.11. The van der Waals surface area contributed by atoms with E-state index in [1.165, 1.54) is 55.3 Å². The number of rotatable bonds is 5. The quantitative estimate of drug-likeness (QED) is 0.184. The maximum absolute atomic E-state index is 6.66. The normalized spacial score (nSPS) is 13.1. The van der Waals surface area contributed by atoms with Gasteiger partial charge in [0.25, 0.3) is 0 Å². The molecule has 1 aliphatic carbocycles. The van der Waals surface area contributed by atoms with Crippen molar-refractivity contribution in [3.63, 3.8) is 0 Å². The minimum atomic E-state index is -0.110. The standard InChI is InChI=1S/C49H35NO/c1-49(2)42-19-7-5-16-41(42)47-43(49)20-11-21-44(47)50(45-22-10-18-40-39-15-6-8-23-46(39)51-48(40)45)36-30-28-33(29-31-36)32-24-26-35(27-25-32)38-17-9-13-34-12-3-4-14-37(34)38/h3-31H,1-2H3. The lowest BCUT2D eigenvalue weighted by atomic mass is 9.82. The van der Waals surface area contributed by atoms with Crippen molar-refractivity contribution in [1.82, 2.24) is 0 Å². The van der Waals surface area contributed by atoms with E-state index in [9.17, 15) is 0 Å². The van der Waals surface area contributed by atoms with Crippen molar-refractivity contribution >= 4 is 49.8 Å². The van der Waals surface area contributed by atoms with Gasteiger partial charge in [-0.05, 0) is 80.0 Å². The Morgan fingerprint density at radius 3 is 1.84 bits per heavy atom. The number of hydrogen-bond donors (Lipinski definition) is 0.